The minimum atomic E-state index is 0.634. The average molecular weight is 237 g/mol. The predicted octanol–water partition coefficient (Wildman–Crippen LogP) is 2.65. The fourth-order valence-corrected chi connectivity index (χ4v) is 2.61. The van der Waals surface area contributed by atoms with Gasteiger partial charge in [-0.3, -0.25) is 0 Å². The summed E-state index contributed by atoms with van der Waals surface area (Å²) < 4.78 is 0. The first kappa shape index (κ1) is 11.7. The van der Waals surface area contributed by atoms with Crippen molar-refractivity contribution in [1.29, 1.82) is 0 Å². The van der Waals surface area contributed by atoms with Crippen LogP contribution in [0, 0.1) is 0 Å². The second kappa shape index (κ2) is 5.04. The van der Waals surface area contributed by atoms with Crippen LogP contribution >= 0.6 is 11.8 Å². The number of hydrogen-bond donors (Lipinski definition) is 1. The standard InChI is InChI=1S/C12H19N3S/c1-8(2)16-7-11-14-10-6-4-5-9(10)12(13-3)15-11/h8H,4-7H2,1-3H3,(H,13,14,15). The molecule has 0 radical (unpaired) electrons. The summed E-state index contributed by atoms with van der Waals surface area (Å²) in [5.74, 6) is 2.94. The van der Waals surface area contributed by atoms with E-state index in [1.54, 1.807) is 0 Å². The van der Waals surface area contributed by atoms with Crippen LogP contribution < -0.4 is 5.32 Å². The molecule has 1 aliphatic rings. The molecule has 1 heterocycles. The molecular formula is C12H19N3S. The summed E-state index contributed by atoms with van der Waals surface area (Å²) in [6.07, 6.45) is 3.47. The first-order chi connectivity index (χ1) is 7.70. The smallest absolute Gasteiger partial charge is 0.140 e. The largest absolute Gasteiger partial charge is 0.373 e. The van der Waals surface area contributed by atoms with E-state index in [0.29, 0.717) is 5.25 Å². The van der Waals surface area contributed by atoms with Crippen LogP contribution in [0.5, 0.6) is 0 Å². The van der Waals surface area contributed by atoms with Gasteiger partial charge in [0.05, 0.1) is 5.75 Å². The number of aromatic nitrogens is 2. The Morgan fingerprint density at radius 2 is 2.12 bits per heavy atom. The lowest BCUT2D eigenvalue weighted by Gasteiger charge is -2.10. The molecule has 88 valence electrons. The molecule has 1 aromatic rings. The van der Waals surface area contributed by atoms with E-state index in [2.05, 4.69) is 29.1 Å². The van der Waals surface area contributed by atoms with Crippen molar-refractivity contribution in [3.8, 4) is 0 Å². The molecule has 2 rings (SSSR count). The molecular weight excluding hydrogens is 218 g/mol. The highest BCUT2D eigenvalue weighted by Crippen LogP contribution is 2.27. The molecule has 0 spiro atoms. The van der Waals surface area contributed by atoms with E-state index in [4.69, 9.17) is 0 Å². The summed E-state index contributed by atoms with van der Waals surface area (Å²) in [4.78, 5) is 9.25. The van der Waals surface area contributed by atoms with Crippen molar-refractivity contribution >= 4 is 17.6 Å². The van der Waals surface area contributed by atoms with Crippen LogP contribution in [0.15, 0.2) is 0 Å². The topological polar surface area (TPSA) is 37.8 Å². The van der Waals surface area contributed by atoms with Gasteiger partial charge >= 0.3 is 0 Å². The van der Waals surface area contributed by atoms with Gasteiger partial charge in [-0.1, -0.05) is 13.8 Å². The van der Waals surface area contributed by atoms with Gasteiger partial charge in [-0.15, -0.1) is 0 Å². The fourth-order valence-electron chi connectivity index (χ4n) is 2.00. The Hall–Kier alpha value is -0.770. The van der Waals surface area contributed by atoms with E-state index < -0.39 is 0 Å². The molecule has 1 aromatic heterocycles. The Balaban J connectivity index is 2.20. The summed E-state index contributed by atoms with van der Waals surface area (Å²) in [5.41, 5.74) is 2.60. The van der Waals surface area contributed by atoms with Crippen molar-refractivity contribution in [2.75, 3.05) is 12.4 Å². The van der Waals surface area contributed by atoms with Crippen molar-refractivity contribution < 1.29 is 0 Å². The Morgan fingerprint density at radius 3 is 2.81 bits per heavy atom. The highest BCUT2D eigenvalue weighted by atomic mass is 32.2. The number of aryl methyl sites for hydroxylation is 1. The first-order valence-electron chi connectivity index (χ1n) is 5.88. The molecule has 0 fully saturated rings. The molecule has 16 heavy (non-hydrogen) atoms. The van der Waals surface area contributed by atoms with Gasteiger partial charge in [-0.25, -0.2) is 9.97 Å². The summed E-state index contributed by atoms with van der Waals surface area (Å²) in [7, 11) is 1.94. The van der Waals surface area contributed by atoms with Gasteiger partial charge in [0.15, 0.2) is 0 Å². The normalized spacial score (nSPS) is 14.2. The van der Waals surface area contributed by atoms with Crippen molar-refractivity contribution in [2.24, 2.45) is 0 Å². The average Bonchev–Trinajstić information content (AvgIpc) is 2.73. The number of nitrogens with zero attached hydrogens (tertiary/aromatic N) is 2. The van der Waals surface area contributed by atoms with Gasteiger partial charge in [0.25, 0.3) is 0 Å². The van der Waals surface area contributed by atoms with Gasteiger partial charge in [-0.05, 0) is 24.5 Å². The maximum absolute atomic E-state index is 4.66. The van der Waals surface area contributed by atoms with E-state index in [-0.39, 0.29) is 0 Å². The van der Waals surface area contributed by atoms with Gasteiger partial charge < -0.3 is 5.32 Å². The molecule has 0 aliphatic heterocycles. The monoisotopic (exact) mass is 237 g/mol. The number of hydrogen-bond acceptors (Lipinski definition) is 4. The predicted molar refractivity (Wildman–Crippen MR) is 70.0 cm³/mol. The molecule has 1 aliphatic carbocycles. The van der Waals surface area contributed by atoms with Gasteiger partial charge in [0.1, 0.15) is 11.6 Å². The Morgan fingerprint density at radius 1 is 1.31 bits per heavy atom. The molecule has 0 amide bonds. The maximum Gasteiger partial charge on any atom is 0.140 e. The molecule has 1 N–H and O–H groups in total. The summed E-state index contributed by atoms with van der Waals surface area (Å²) in [5, 5.41) is 3.83. The zero-order chi connectivity index (χ0) is 11.5. The van der Waals surface area contributed by atoms with Gasteiger partial charge in [0.2, 0.25) is 0 Å². The SMILES string of the molecule is CNc1nc(CSC(C)C)nc2c1CCC2. The quantitative estimate of drug-likeness (QED) is 0.873. The Kier molecular flexibility index (Phi) is 3.69. The lowest BCUT2D eigenvalue weighted by atomic mass is 10.2. The third-order valence-electron chi connectivity index (χ3n) is 2.76. The lowest BCUT2D eigenvalue weighted by Crippen LogP contribution is -2.05. The van der Waals surface area contributed by atoms with Crippen LogP contribution in [0.2, 0.25) is 0 Å². The number of thioether (sulfide) groups is 1. The number of nitrogens with one attached hydrogen (secondary N) is 1. The summed E-state index contributed by atoms with van der Waals surface area (Å²) >= 11 is 1.90. The Bertz CT molecular complexity index is 377. The van der Waals surface area contributed by atoms with Crippen molar-refractivity contribution in [1.82, 2.24) is 9.97 Å². The van der Waals surface area contributed by atoms with Gasteiger partial charge in [0, 0.05) is 18.3 Å². The number of rotatable bonds is 4. The van der Waals surface area contributed by atoms with Crippen molar-refractivity contribution in [3.05, 3.63) is 17.1 Å². The minimum absolute atomic E-state index is 0.634. The second-order valence-corrected chi connectivity index (χ2v) is 5.94. The molecule has 0 saturated carbocycles. The highest BCUT2D eigenvalue weighted by molar-refractivity contribution is 7.99. The molecule has 0 unspecified atom stereocenters. The van der Waals surface area contributed by atoms with E-state index in [0.717, 1.165) is 30.2 Å². The molecule has 0 aromatic carbocycles. The molecule has 0 bridgehead atoms. The van der Waals surface area contributed by atoms with E-state index >= 15 is 0 Å². The molecule has 4 heteroatoms. The third kappa shape index (κ3) is 2.48. The van der Waals surface area contributed by atoms with Crippen LogP contribution in [0.4, 0.5) is 5.82 Å². The summed E-state index contributed by atoms with van der Waals surface area (Å²) in [6.45, 7) is 4.41. The molecule has 0 atom stereocenters. The zero-order valence-electron chi connectivity index (χ0n) is 10.2. The number of fused-ring (bicyclic) bond motifs is 1. The second-order valence-electron chi connectivity index (χ2n) is 4.38. The van der Waals surface area contributed by atoms with Crippen LogP contribution in [0.25, 0.3) is 0 Å². The maximum atomic E-state index is 4.66. The highest BCUT2D eigenvalue weighted by Gasteiger charge is 2.18. The summed E-state index contributed by atoms with van der Waals surface area (Å²) in [6, 6.07) is 0. The Labute approximate surface area is 101 Å². The first-order valence-corrected chi connectivity index (χ1v) is 6.93. The lowest BCUT2D eigenvalue weighted by molar-refractivity contribution is 0.893. The number of anilines is 1. The molecule has 0 saturated heterocycles. The van der Waals surface area contributed by atoms with E-state index in [1.165, 1.54) is 17.7 Å². The minimum Gasteiger partial charge on any atom is -0.373 e. The van der Waals surface area contributed by atoms with Crippen LogP contribution in [-0.4, -0.2) is 22.3 Å². The van der Waals surface area contributed by atoms with Crippen LogP contribution in [0.3, 0.4) is 0 Å². The van der Waals surface area contributed by atoms with Crippen LogP contribution in [-0.2, 0) is 18.6 Å². The zero-order valence-corrected chi connectivity index (χ0v) is 11.0. The third-order valence-corrected chi connectivity index (χ3v) is 3.85. The van der Waals surface area contributed by atoms with Crippen molar-refractivity contribution in [3.63, 3.8) is 0 Å². The van der Waals surface area contributed by atoms with Gasteiger partial charge in [-0.2, -0.15) is 11.8 Å². The van der Waals surface area contributed by atoms with E-state index in [9.17, 15) is 0 Å². The molecule has 3 nitrogen and oxygen atoms in total. The van der Waals surface area contributed by atoms with Crippen molar-refractivity contribution in [2.45, 2.75) is 44.1 Å². The fraction of sp³-hybridized carbons (Fsp3) is 0.667. The van der Waals surface area contributed by atoms with E-state index in [1.807, 2.05) is 18.8 Å². The van der Waals surface area contributed by atoms with Crippen LogP contribution in [0.1, 0.15) is 37.4 Å².